The Morgan fingerprint density at radius 2 is 0.833 bits per heavy atom. The van der Waals surface area contributed by atoms with Crippen LogP contribution in [0.4, 0.5) is 0 Å². The Morgan fingerprint density at radius 3 is 1.25 bits per heavy atom. The van der Waals surface area contributed by atoms with Crippen molar-refractivity contribution in [2.75, 3.05) is 0 Å². The molecule has 5 rings (SSSR count). The second kappa shape index (κ2) is 4.44. The van der Waals surface area contributed by atoms with Crippen molar-refractivity contribution >= 4 is 43.1 Å². The molecule has 0 atom stereocenters. The fraction of sp³-hybridized carbons (Fsp3) is 0. The van der Waals surface area contributed by atoms with Gasteiger partial charge in [0.15, 0.2) is 0 Å². The quantitative estimate of drug-likeness (QED) is 0.281. The average molecular weight is 302 g/mol. The molecule has 24 heavy (non-hydrogen) atoms. The van der Waals surface area contributed by atoms with Gasteiger partial charge in [-0.05, 0) is 44.5 Å². The van der Waals surface area contributed by atoms with E-state index in [1.54, 1.807) is 0 Å². The Morgan fingerprint density at radius 1 is 0.458 bits per heavy atom. The van der Waals surface area contributed by atoms with Crippen LogP contribution in [0.25, 0.3) is 43.1 Å². The molecule has 0 saturated carbocycles. The molecular weight excluding hydrogens is 292 g/mol. The molecule has 0 heterocycles. The van der Waals surface area contributed by atoms with Gasteiger partial charge in [0.1, 0.15) is 0 Å². The first-order valence-electron chi connectivity index (χ1n) is 7.76. The highest BCUT2D eigenvalue weighted by atomic mass is 14.3. The van der Waals surface area contributed by atoms with Gasteiger partial charge in [0.05, 0.1) is 23.3 Å². The van der Waals surface area contributed by atoms with E-state index in [0.29, 0.717) is 11.1 Å². The standard InChI is InChI=1S/C22H10N2/c23-11-13-7-9-19-20-10-8-14(12-24)16-4-2-6-18(22(16)20)17-5-1-3-15(13)21(17)19/h1-10H. The maximum Gasteiger partial charge on any atom is 0.0998 e. The van der Waals surface area contributed by atoms with Crippen LogP contribution in [0.2, 0.25) is 0 Å². The summed E-state index contributed by atoms with van der Waals surface area (Å²) in [6.07, 6.45) is 0. The molecule has 108 valence electrons. The molecule has 5 aromatic rings. The van der Waals surface area contributed by atoms with Gasteiger partial charge in [0.25, 0.3) is 0 Å². The number of nitrogens with zero attached hydrogens (tertiary/aromatic N) is 2. The maximum absolute atomic E-state index is 9.44. The summed E-state index contributed by atoms with van der Waals surface area (Å²) in [6, 6.07) is 24.6. The van der Waals surface area contributed by atoms with Crippen LogP contribution < -0.4 is 0 Å². The fourth-order valence-corrected chi connectivity index (χ4v) is 3.91. The van der Waals surface area contributed by atoms with E-state index in [-0.39, 0.29) is 0 Å². The van der Waals surface area contributed by atoms with Gasteiger partial charge in [0.2, 0.25) is 0 Å². The molecule has 0 fully saturated rings. The first kappa shape index (κ1) is 12.9. The zero-order valence-electron chi connectivity index (χ0n) is 12.7. The lowest BCUT2D eigenvalue weighted by atomic mass is 9.87. The van der Waals surface area contributed by atoms with E-state index in [1.807, 2.05) is 48.5 Å². The Bertz CT molecular complexity index is 1240. The van der Waals surface area contributed by atoms with Crippen LogP contribution >= 0.6 is 0 Å². The number of rotatable bonds is 0. The molecule has 0 saturated heterocycles. The molecular formula is C22H10N2. The first-order valence-corrected chi connectivity index (χ1v) is 7.76. The summed E-state index contributed by atoms with van der Waals surface area (Å²) in [6.45, 7) is 0. The normalized spacial score (nSPS) is 11.2. The van der Waals surface area contributed by atoms with Crippen molar-refractivity contribution in [2.45, 2.75) is 0 Å². The van der Waals surface area contributed by atoms with Gasteiger partial charge in [-0.15, -0.1) is 0 Å². The van der Waals surface area contributed by atoms with Gasteiger partial charge >= 0.3 is 0 Å². The highest BCUT2D eigenvalue weighted by molar-refractivity contribution is 6.33. The van der Waals surface area contributed by atoms with E-state index < -0.39 is 0 Å². The molecule has 2 nitrogen and oxygen atoms in total. The Balaban J connectivity index is 2.22. The van der Waals surface area contributed by atoms with Gasteiger partial charge < -0.3 is 0 Å². The van der Waals surface area contributed by atoms with Crippen molar-refractivity contribution < 1.29 is 0 Å². The first-order chi connectivity index (χ1) is 11.8. The molecule has 0 amide bonds. The highest BCUT2D eigenvalue weighted by Gasteiger charge is 2.15. The zero-order chi connectivity index (χ0) is 16.3. The second-order valence-corrected chi connectivity index (χ2v) is 6.00. The van der Waals surface area contributed by atoms with E-state index >= 15 is 0 Å². The van der Waals surface area contributed by atoms with E-state index in [2.05, 4.69) is 24.3 Å². The highest BCUT2D eigenvalue weighted by Crippen LogP contribution is 2.41. The molecule has 5 aromatic carbocycles. The van der Waals surface area contributed by atoms with Gasteiger partial charge in [-0.1, -0.05) is 48.5 Å². The van der Waals surface area contributed by atoms with Gasteiger partial charge in [0, 0.05) is 10.8 Å². The van der Waals surface area contributed by atoms with Crippen LogP contribution in [-0.2, 0) is 0 Å². The fourth-order valence-electron chi connectivity index (χ4n) is 3.91. The summed E-state index contributed by atoms with van der Waals surface area (Å²) >= 11 is 0. The summed E-state index contributed by atoms with van der Waals surface area (Å²) in [7, 11) is 0. The van der Waals surface area contributed by atoms with E-state index in [1.165, 1.54) is 0 Å². The van der Waals surface area contributed by atoms with Gasteiger partial charge in [-0.25, -0.2) is 0 Å². The molecule has 2 heteroatoms. The SMILES string of the molecule is N#Cc1ccc2c3ccc(C#N)c4cccc(c5cccc1c52)c43. The Hall–Kier alpha value is -3.62. The summed E-state index contributed by atoms with van der Waals surface area (Å²) in [5.41, 5.74) is 1.39. The zero-order valence-corrected chi connectivity index (χ0v) is 12.7. The predicted molar refractivity (Wildman–Crippen MR) is 97.1 cm³/mol. The van der Waals surface area contributed by atoms with Crippen LogP contribution in [-0.4, -0.2) is 0 Å². The lowest BCUT2D eigenvalue weighted by Crippen LogP contribution is -1.90. The lowest BCUT2D eigenvalue weighted by Gasteiger charge is -2.15. The summed E-state index contributed by atoms with van der Waals surface area (Å²) < 4.78 is 0. The number of hydrogen-bond acceptors (Lipinski definition) is 2. The number of benzene rings is 5. The minimum Gasteiger partial charge on any atom is -0.192 e. The Kier molecular flexibility index (Phi) is 2.38. The van der Waals surface area contributed by atoms with Crippen LogP contribution in [0.5, 0.6) is 0 Å². The van der Waals surface area contributed by atoms with Crippen molar-refractivity contribution in [3.63, 3.8) is 0 Å². The van der Waals surface area contributed by atoms with E-state index in [0.717, 1.165) is 43.1 Å². The molecule has 0 aliphatic carbocycles. The topological polar surface area (TPSA) is 47.6 Å². The smallest absolute Gasteiger partial charge is 0.0998 e. The maximum atomic E-state index is 9.44. The summed E-state index contributed by atoms with van der Waals surface area (Å²) in [5, 5.41) is 27.6. The number of nitriles is 2. The lowest BCUT2D eigenvalue weighted by molar-refractivity contribution is 1.50. The molecule has 0 aliphatic rings. The second-order valence-electron chi connectivity index (χ2n) is 6.00. The predicted octanol–water partition coefficient (Wildman–Crippen LogP) is 5.48. The van der Waals surface area contributed by atoms with Crippen molar-refractivity contribution in [1.29, 1.82) is 10.5 Å². The molecule has 0 unspecified atom stereocenters. The van der Waals surface area contributed by atoms with Crippen molar-refractivity contribution in [1.82, 2.24) is 0 Å². The van der Waals surface area contributed by atoms with Crippen LogP contribution in [0, 0.1) is 22.7 Å². The monoisotopic (exact) mass is 302 g/mol. The molecule has 0 N–H and O–H groups in total. The minimum absolute atomic E-state index is 0.694. The van der Waals surface area contributed by atoms with E-state index in [4.69, 9.17) is 0 Å². The van der Waals surface area contributed by atoms with Crippen LogP contribution in [0.3, 0.4) is 0 Å². The Labute approximate surface area is 138 Å². The largest absolute Gasteiger partial charge is 0.192 e. The minimum atomic E-state index is 0.694. The number of hydrogen-bond donors (Lipinski definition) is 0. The molecule has 0 aromatic heterocycles. The third-order valence-corrected chi connectivity index (χ3v) is 4.90. The van der Waals surface area contributed by atoms with Gasteiger partial charge in [-0.3, -0.25) is 0 Å². The van der Waals surface area contributed by atoms with E-state index in [9.17, 15) is 10.5 Å². The van der Waals surface area contributed by atoms with Gasteiger partial charge in [-0.2, -0.15) is 10.5 Å². The third kappa shape index (κ3) is 1.43. The average Bonchev–Trinajstić information content (AvgIpc) is 2.65. The van der Waals surface area contributed by atoms with Crippen molar-refractivity contribution in [3.05, 3.63) is 71.8 Å². The molecule has 0 radical (unpaired) electrons. The van der Waals surface area contributed by atoms with Crippen molar-refractivity contribution in [2.24, 2.45) is 0 Å². The molecule has 0 spiro atoms. The third-order valence-electron chi connectivity index (χ3n) is 4.90. The summed E-state index contributed by atoms with van der Waals surface area (Å²) in [4.78, 5) is 0. The summed E-state index contributed by atoms with van der Waals surface area (Å²) in [5.74, 6) is 0. The van der Waals surface area contributed by atoms with Crippen LogP contribution in [0.1, 0.15) is 11.1 Å². The van der Waals surface area contributed by atoms with Crippen molar-refractivity contribution in [3.8, 4) is 12.1 Å². The van der Waals surface area contributed by atoms with Crippen LogP contribution in [0.15, 0.2) is 60.7 Å². The molecule has 0 bridgehead atoms. The number of fused-ring (bicyclic) bond motifs is 2. The molecule has 0 aliphatic heterocycles.